The van der Waals surface area contributed by atoms with Crippen LogP contribution in [-0.4, -0.2) is 30.2 Å². The molecule has 5 nitrogen and oxygen atoms in total. The second-order valence-corrected chi connectivity index (χ2v) is 5.43. The number of hydrogen-bond acceptors (Lipinski definition) is 4. The number of methoxy groups -OCH3 is 1. The second kappa shape index (κ2) is 7.78. The van der Waals surface area contributed by atoms with Crippen molar-refractivity contribution in [2.45, 2.75) is 39.3 Å². The number of carboxylic acid groups (broad SMARTS) is 1. The molecule has 0 saturated carbocycles. The lowest BCUT2D eigenvalue weighted by Gasteiger charge is -2.20. The molecule has 0 aliphatic heterocycles. The quantitative estimate of drug-likeness (QED) is 0.753. The fraction of sp³-hybridized carbons (Fsp3) is 0.500. The maximum atomic E-state index is 11.6. The first-order chi connectivity index (χ1) is 9.86. The van der Waals surface area contributed by atoms with Crippen LogP contribution in [0.3, 0.4) is 0 Å². The summed E-state index contributed by atoms with van der Waals surface area (Å²) in [7, 11) is 1.38. The molecular formula is C16H23NO4. The Hall–Kier alpha value is -1.88. The summed E-state index contributed by atoms with van der Waals surface area (Å²) in [5, 5.41) is 12.1. The second-order valence-electron chi connectivity index (χ2n) is 5.43. The predicted octanol–water partition coefficient (Wildman–Crippen LogP) is 2.16. The minimum Gasteiger partial charge on any atom is -0.481 e. The van der Waals surface area contributed by atoms with E-state index in [1.807, 2.05) is 26.0 Å². The molecule has 2 unspecified atom stereocenters. The summed E-state index contributed by atoms with van der Waals surface area (Å²) < 4.78 is 4.77. The van der Waals surface area contributed by atoms with Gasteiger partial charge in [0.15, 0.2) is 0 Å². The summed E-state index contributed by atoms with van der Waals surface area (Å²) in [5.41, 5.74) is 1.76. The largest absolute Gasteiger partial charge is 0.481 e. The fourth-order valence-electron chi connectivity index (χ4n) is 2.01. The van der Waals surface area contributed by atoms with Crippen LogP contribution in [0.5, 0.6) is 0 Å². The molecule has 0 aliphatic carbocycles. The van der Waals surface area contributed by atoms with Gasteiger partial charge in [-0.05, 0) is 24.0 Å². The Morgan fingerprint density at radius 3 is 2.19 bits per heavy atom. The lowest BCUT2D eigenvalue weighted by atomic mass is 9.99. The monoisotopic (exact) mass is 293 g/mol. The minimum atomic E-state index is -0.841. The minimum absolute atomic E-state index is 0.128. The number of nitrogens with one attached hydrogen (secondary N) is 1. The molecule has 0 heterocycles. The smallest absolute Gasteiger partial charge is 0.323 e. The van der Waals surface area contributed by atoms with Crippen molar-refractivity contribution in [2.24, 2.45) is 5.92 Å². The molecule has 0 radical (unpaired) electrons. The van der Waals surface area contributed by atoms with Crippen molar-refractivity contribution in [3.63, 3.8) is 0 Å². The zero-order valence-electron chi connectivity index (χ0n) is 12.9. The average molecular weight is 293 g/mol. The number of carboxylic acids is 1. The van der Waals surface area contributed by atoms with Gasteiger partial charge in [0.2, 0.25) is 0 Å². The van der Waals surface area contributed by atoms with E-state index < -0.39 is 11.9 Å². The molecule has 1 rings (SSSR count). The highest BCUT2D eigenvalue weighted by atomic mass is 16.5. The van der Waals surface area contributed by atoms with E-state index in [9.17, 15) is 9.59 Å². The average Bonchev–Trinajstić information content (AvgIpc) is 2.46. The Kier molecular flexibility index (Phi) is 6.37. The van der Waals surface area contributed by atoms with Crippen LogP contribution in [0.4, 0.5) is 0 Å². The number of hydrogen-bond donors (Lipinski definition) is 2. The van der Waals surface area contributed by atoms with Crippen LogP contribution in [0.2, 0.25) is 0 Å². The van der Waals surface area contributed by atoms with E-state index in [1.165, 1.54) is 7.11 Å². The molecule has 1 aromatic carbocycles. The maximum Gasteiger partial charge on any atom is 0.323 e. The van der Waals surface area contributed by atoms with E-state index in [1.54, 1.807) is 19.1 Å². The Labute approximate surface area is 125 Å². The van der Waals surface area contributed by atoms with Gasteiger partial charge in [-0.25, -0.2) is 0 Å². The maximum absolute atomic E-state index is 11.6. The molecular weight excluding hydrogens is 270 g/mol. The van der Waals surface area contributed by atoms with Gasteiger partial charge in [-0.15, -0.1) is 0 Å². The van der Waals surface area contributed by atoms with Crippen molar-refractivity contribution in [1.29, 1.82) is 0 Å². The van der Waals surface area contributed by atoms with Crippen molar-refractivity contribution in [3.05, 3.63) is 35.4 Å². The third-order valence-corrected chi connectivity index (χ3v) is 3.50. The first-order valence-corrected chi connectivity index (χ1v) is 6.99. The Morgan fingerprint density at radius 2 is 1.76 bits per heavy atom. The lowest BCUT2D eigenvalue weighted by Crippen LogP contribution is -2.41. The van der Waals surface area contributed by atoms with Gasteiger partial charge in [0.1, 0.15) is 6.04 Å². The van der Waals surface area contributed by atoms with E-state index in [2.05, 4.69) is 5.32 Å². The number of benzene rings is 1. The summed E-state index contributed by atoms with van der Waals surface area (Å²) >= 11 is 0. The molecule has 0 fully saturated rings. The molecule has 116 valence electrons. The number of ether oxygens (including phenoxy) is 1. The summed E-state index contributed by atoms with van der Waals surface area (Å²) in [5.74, 6) is -1.51. The highest BCUT2D eigenvalue weighted by Gasteiger charge is 2.22. The molecule has 2 N–H and O–H groups in total. The standard InChI is InChI=1S/C16H23NO4/c1-10(2)14(16(20)21-4)17-9-12-5-7-13(8-6-12)11(3)15(18)19/h5-8,10-11,14,17H,9H2,1-4H3,(H,18,19). The molecule has 0 spiro atoms. The molecule has 0 saturated heterocycles. The Bertz CT molecular complexity index is 482. The van der Waals surface area contributed by atoms with E-state index in [4.69, 9.17) is 9.84 Å². The molecule has 2 atom stereocenters. The van der Waals surface area contributed by atoms with Gasteiger partial charge in [-0.2, -0.15) is 0 Å². The van der Waals surface area contributed by atoms with Gasteiger partial charge >= 0.3 is 11.9 Å². The summed E-state index contributed by atoms with van der Waals surface area (Å²) in [6.07, 6.45) is 0. The molecule has 0 amide bonds. The SMILES string of the molecule is COC(=O)C(NCc1ccc(C(C)C(=O)O)cc1)C(C)C. The van der Waals surface area contributed by atoms with Gasteiger partial charge in [0.25, 0.3) is 0 Å². The van der Waals surface area contributed by atoms with Crippen molar-refractivity contribution < 1.29 is 19.4 Å². The first kappa shape index (κ1) is 17.2. The summed E-state index contributed by atoms with van der Waals surface area (Å²) in [6, 6.07) is 7.00. The molecule has 0 aliphatic rings. The van der Waals surface area contributed by atoms with E-state index >= 15 is 0 Å². The Balaban J connectivity index is 2.67. The molecule has 0 bridgehead atoms. The van der Waals surface area contributed by atoms with Crippen LogP contribution in [0.1, 0.15) is 37.8 Å². The van der Waals surface area contributed by atoms with Crippen LogP contribution < -0.4 is 5.32 Å². The van der Waals surface area contributed by atoms with Gasteiger partial charge in [0, 0.05) is 6.54 Å². The number of carbonyl (C=O) groups excluding carboxylic acids is 1. The zero-order chi connectivity index (χ0) is 16.0. The zero-order valence-corrected chi connectivity index (χ0v) is 12.9. The van der Waals surface area contributed by atoms with Crippen molar-refractivity contribution in [2.75, 3.05) is 7.11 Å². The summed E-state index contributed by atoms with van der Waals surface area (Å²) in [6.45, 7) is 6.08. The number of rotatable bonds is 7. The fourth-order valence-corrected chi connectivity index (χ4v) is 2.01. The molecule has 21 heavy (non-hydrogen) atoms. The van der Waals surface area contributed by atoms with Gasteiger partial charge < -0.3 is 15.2 Å². The molecule has 0 aromatic heterocycles. The third-order valence-electron chi connectivity index (χ3n) is 3.50. The van der Waals surface area contributed by atoms with E-state index in [0.717, 1.165) is 11.1 Å². The van der Waals surface area contributed by atoms with Gasteiger partial charge in [0.05, 0.1) is 13.0 Å². The van der Waals surface area contributed by atoms with Gasteiger partial charge in [-0.1, -0.05) is 38.1 Å². The van der Waals surface area contributed by atoms with Crippen molar-refractivity contribution in [3.8, 4) is 0 Å². The molecule has 1 aromatic rings. The Morgan fingerprint density at radius 1 is 1.19 bits per heavy atom. The van der Waals surface area contributed by atoms with Crippen molar-refractivity contribution >= 4 is 11.9 Å². The van der Waals surface area contributed by atoms with Gasteiger partial charge in [-0.3, -0.25) is 9.59 Å². The third kappa shape index (κ3) is 4.86. The topological polar surface area (TPSA) is 75.6 Å². The lowest BCUT2D eigenvalue weighted by molar-refractivity contribution is -0.144. The molecule has 5 heteroatoms. The van der Waals surface area contributed by atoms with Crippen LogP contribution in [-0.2, 0) is 20.9 Å². The predicted molar refractivity (Wildman–Crippen MR) is 80.0 cm³/mol. The van der Waals surface area contributed by atoms with Crippen LogP contribution in [0, 0.1) is 5.92 Å². The first-order valence-electron chi connectivity index (χ1n) is 6.99. The van der Waals surface area contributed by atoms with Crippen LogP contribution >= 0.6 is 0 Å². The van der Waals surface area contributed by atoms with E-state index in [0.29, 0.717) is 6.54 Å². The van der Waals surface area contributed by atoms with Crippen molar-refractivity contribution in [1.82, 2.24) is 5.32 Å². The van der Waals surface area contributed by atoms with Crippen LogP contribution in [0.15, 0.2) is 24.3 Å². The highest BCUT2D eigenvalue weighted by molar-refractivity contribution is 5.76. The number of esters is 1. The number of aliphatic carboxylic acids is 1. The number of carbonyl (C=O) groups is 2. The van der Waals surface area contributed by atoms with E-state index in [-0.39, 0.29) is 17.9 Å². The highest BCUT2D eigenvalue weighted by Crippen LogP contribution is 2.16. The summed E-state index contributed by atoms with van der Waals surface area (Å²) in [4.78, 5) is 22.6. The van der Waals surface area contributed by atoms with Crippen LogP contribution in [0.25, 0.3) is 0 Å². The normalized spacial score (nSPS) is 13.8.